The molecule has 1 fully saturated rings. The number of allylic oxidation sites excluding steroid dienone is 1. The van der Waals surface area contributed by atoms with Gasteiger partial charge in [0, 0.05) is 13.2 Å². The first-order valence-corrected chi connectivity index (χ1v) is 4.24. The summed E-state index contributed by atoms with van der Waals surface area (Å²) in [5.74, 6) is 0.708. The molecular formula is C9H16O2. The molecule has 0 aromatic heterocycles. The van der Waals surface area contributed by atoms with E-state index in [1.54, 1.807) is 6.26 Å². The summed E-state index contributed by atoms with van der Waals surface area (Å²) >= 11 is 0. The van der Waals surface area contributed by atoms with Crippen LogP contribution < -0.4 is 0 Å². The van der Waals surface area contributed by atoms with E-state index < -0.39 is 0 Å². The molecule has 2 heteroatoms. The van der Waals surface area contributed by atoms with Crippen molar-refractivity contribution in [2.75, 3.05) is 19.8 Å². The molecule has 0 bridgehead atoms. The molecule has 1 aliphatic heterocycles. The zero-order chi connectivity index (χ0) is 7.94. The first-order chi connectivity index (χ1) is 5.43. The average molecular weight is 156 g/mol. The molecule has 0 spiro atoms. The Morgan fingerprint density at radius 3 is 2.82 bits per heavy atom. The molecule has 0 aliphatic carbocycles. The van der Waals surface area contributed by atoms with Gasteiger partial charge in [0.25, 0.3) is 0 Å². The Hall–Kier alpha value is -0.500. The number of hydrogen-bond acceptors (Lipinski definition) is 2. The minimum Gasteiger partial charge on any atom is -0.501 e. The Kier molecular flexibility index (Phi) is 4.06. The van der Waals surface area contributed by atoms with Gasteiger partial charge >= 0.3 is 0 Å². The molecule has 1 aliphatic rings. The fourth-order valence-corrected chi connectivity index (χ4v) is 1.20. The Labute approximate surface area is 68.2 Å². The summed E-state index contributed by atoms with van der Waals surface area (Å²) in [6.07, 6.45) is 5.98. The summed E-state index contributed by atoms with van der Waals surface area (Å²) in [6.45, 7) is 4.63. The van der Waals surface area contributed by atoms with Crippen LogP contribution in [0.4, 0.5) is 0 Å². The summed E-state index contributed by atoms with van der Waals surface area (Å²) in [6, 6.07) is 0. The van der Waals surface area contributed by atoms with E-state index in [1.807, 2.05) is 13.0 Å². The van der Waals surface area contributed by atoms with Crippen LogP contribution in [0, 0.1) is 5.92 Å². The first kappa shape index (κ1) is 8.60. The highest BCUT2D eigenvalue weighted by molar-refractivity contribution is 4.68. The van der Waals surface area contributed by atoms with Crippen LogP contribution in [0.2, 0.25) is 0 Å². The maximum absolute atomic E-state index is 5.29. The Bertz CT molecular complexity index is 115. The van der Waals surface area contributed by atoms with Gasteiger partial charge in [0.05, 0.1) is 12.9 Å². The quantitative estimate of drug-likeness (QED) is 0.581. The molecule has 0 N–H and O–H groups in total. The second-order valence-corrected chi connectivity index (χ2v) is 2.86. The highest BCUT2D eigenvalue weighted by Crippen LogP contribution is 2.14. The lowest BCUT2D eigenvalue weighted by atomic mass is 10.0. The van der Waals surface area contributed by atoms with E-state index in [4.69, 9.17) is 9.47 Å². The van der Waals surface area contributed by atoms with Crippen LogP contribution in [0.25, 0.3) is 0 Å². The normalized spacial score (nSPS) is 20.8. The maximum Gasteiger partial charge on any atom is 0.0902 e. The van der Waals surface area contributed by atoms with E-state index in [2.05, 4.69) is 0 Å². The topological polar surface area (TPSA) is 18.5 Å². The number of rotatable bonds is 3. The molecule has 0 atom stereocenters. The zero-order valence-electron chi connectivity index (χ0n) is 7.08. The monoisotopic (exact) mass is 156 g/mol. The van der Waals surface area contributed by atoms with Crippen molar-refractivity contribution in [3.8, 4) is 0 Å². The third-order valence-corrected chi connectivity index (χ3v) is 1.91. The van der Waals surface area contributed by atoms with Gasteiger partial charge in [0.2, 0.25) is 0 Å². The van der Waals surface area contributed by atoms with Crippen molar-refractivity contribution in [3.63, 3.8) is 0 Å². The summed E-state index contributed by atoms with van der Waals surface area (Å²) in [7, 11) is 0. The van der Waals surface area contributed by atoms with Crippen molar-refractivity contribution in [1.29, 1.82) is 0 Å². The van der Waals surface area contributed by atoms with Gasteiger partial charge in [-0.2, -0.15) is 0 Å². The minimum absolute atomic E-state index is 0.708. The molecule has 1 heterocycles. The molecule has 0 aromatic rings. The summed E-state index contributed by atoms with van der Waals surface area (Å²) in [4.78, 5) is 0. The van der Waals surface area contributed by atoms with E-state index in [-0.39, 0.29) is 0 Å². The summed E-state index contributed by atoms with van der Waals surface area (Å²) in [5.41, 5.74) is 0. The van der Waals surface area contributed by atoms with Crippen LogP contribution in [-0.2, 0) is 9.47 Å². The molecular weight excluding hydrogens is 140 g/mol. The van der Waals surface area contributed by atoms with Gasteiger partial charge in [-0.3, -0.25) is 0 Å². The largest absolute Gasteiger partial charge is 0.501 e. The highest BCUT2D eigenvalue weighted by Gasteiger charge is 2.12. The van der Waals surface area contributed by atoms with Crippen molar-refractivity contribution in [3.05, 3.63) is 12.3 Å². The SMILES string of the molecule is C/C=C/OCC1CCOCC1. The Morgan fingerprint density at radius 1 is 1.45 bits per heavy atom. The maximum atomic E-state index is 5.29. The van der Waals surface area contributed by atoms with E-state index in [1.165, 1.54) is 0 Å². The Balaban J connectivity index is 2.04. The van der Waals surface area contributed by atoms with Gasteiger partial charge in [-0.15, -0.1) is 0 Å². The van der Waals surface area contributed by atoms with Gasteiger partial charge in [-0.1, -0.05) is 6.08 Å². The first-order valence-electron chi connectivity index (χ1n) is 4.24. The van der Waals surface area contributed by atoms with Gasteiger partial charge in [0.15, 0.2) is 0 Å². The lowest BCUT2D eigenvalue weighted by Gasteiger charge is -2.20. The third kappa shape index (κ3) is 3.42. The van der Waals surface area contributed by atoms with Crippen molar-refractivity contribution in [2.24, 2.45) is 5.92 Å². The summed E-state index contributed by atoms with van der Waals surface area (Å²) < 4.78 is 10.5. The molecule has 0 amide bonds. The fourth-order valence-electron chi connectivity index (χ4n) is 1.20. The second-order valence-electron chi connectivity index (χ2n) is 2.86. The van der Waals surface area contributed by atoms with Crippen molar-refractivity contribution in [1.82, 2.24) is 0 Å². The Morgan fingerprint density at radius 2 is 2.18 bits per heavy atom. The van der Waals surface area contributed by atoms with E-state index in [0.29, 0.717) is 5.92 Å². The average Bonchev–Trinajstić information content (AvgIpc) is 2.07. The van der Waals surface area contributed by atoms with Crippen LogP contribution in [-0.4, -0.2) is 19.8 Å². The van der Waals surface area contributed by atoms with Crippen molar-refractivity contribution >= 4 is 0 Å². The molecule has 0 unspecified atom stereocenters. The minimum atomic E-state index is 0.708. The van der Waals surface area contributed by atoms with E-state index >= 15 is 0 Å². The molecule has 11 heavy (non-hydrogen) atoms. The second kappa shape index (κ2) is 5.19. The third-order valence-electron chi connectivity index (χ3n) is 1.91. The highest BCUT2D eigenvalue weighted by atomic mass is 16.5. The lowest BCUT2D eigenvalue weighted by Crippen LogP contribution is -2.19. The van der Waals surface area contributed by atoms with Crippen molar-refractivity contribution < 1.29 is 9.47 Å². The molecule has 0 saturated carbocycles. The van der Waals surface area contributed by atoms with Gasteiger partial charge in [-0.25, -0.2) is 0 Å². The molecule has 0 aromatic carbocycles. The van der Waals surface area contributed by atoms with Crippen LogP contribution in [0.15, 0.2) is 12.3 Å². The molecule has 1 rings (SSSR count). The summed E-state index contributed by atoms with van der Waals surface area (Å²) in [5, 5.41) is 0. The molecule has 64 valence electrons. The van der Waals surface area contributed by atoms with Gasteiger partial charge in [-0.05, 0) is 25.7 Å². The predicted octanol–water partition coefficient (Wildman–Crippen LogP) is 1.96. The lowest BCUT2D eigenvalue weighted by molar-refractivity contribution is 0.0419. The smallest absolute Gasteiger partial charge is 0.0902 e. The molecule has 0 radical (unpaired) electrons. The molecule has 2 nitrogen and oxygen atoms in total. The van der Waals surface area contributed by atoms with Crippen molar-refractivity contribution in [2.45, 2.75) is 19.8 Å². The number of ether oxygens (including phenoxy) is 2. The van der Waals surface area contributed by atoms with Crippen LogP contribution in [0.5, 0.6) is 0 Å². The van der Waals surface area contributed by atoms with E-state index in [9.17, 15) is 0 Å². The fraction of sp³-hybridized carbons (Fsp3) is 0.778. The van der Waals surface area contributed by atoms with Crippen LogP contribution in [0.1, 0.15) is 19.8 Å². The number of hydrogen-bond donors (Lipinski definition) is 0. The predicted molar refractivity (Wildman–Crippen MR) is 44.3 cm³/mol. The molecule has 1 saturated heterocycles. The van der Waals surface area contributed by atoms with E-state index in [0.717, 1.165) is 32.7 Å². The van der Waals surface area contributed by atoms with Crippen LogP contribution in [0.3, 0.4) is 0 Å². The van der Waals surface area contributed by atoms with Gasteiger partial charge < -0.3 is 9.47 Å². The van der Waals surface area contributed by atoms with Gasteiger partial charge in [0.1, 0.15) is 0 Å². The standard InChI is InChI=1S/C9H16O2/c1-2-5-11-8-9-3-6-10-7-4-9/h2,5,9H,3-4,6-8H2,1H3/b5-2+. The zero-order valence-corrected chi connectivity index (χ0v) is 7.08. The van der Waals surface area contributed by atoms with Crippen LogP contribution >= 0.6 is 0 Å².